The van der Waals surface area contributed by atoms with Gasteiger partial charge in [0.15, 0.2) is 0 Å². The Labute approximate surface area is 95.1 Å². The molecule has 15 heavy (non-hydrogen) atoms. The summed E-state index contributed by atoms with van der Waals surface area (Å²) in [6.07, 6.45) is 1.55. The molecule has 0 aliphatic rings. The Morgan fingerprint density at radius 1 is 1.60 bits per heavy atom. The largest absolute Gasteiger partial charge is 0.315 e. The van der Waals surface area contributed by atoms with Crippen LogP contribution in [-0.4, -0.2) is 15.5 Å². The summed E-state index contributed by atoms with van der Waals surface area (Å²) in [5.41, 5.74) is 0. The number of hydrogen-bond acceptors (Lipinski definition) is 5. The summed E-state index contributed by atoms with van der Waals surface area (Å²) in [7, 11) is 0. The minimum Gasteiger partial charge on any atom is -0.315 e. The van der Waals surface area contributed by atoms with Crippen LogP contribution in [0.15, 0.2) is 23.7 Å². The first kappa shape index (κ1) is 10.3. The van der Waals surface area contributed by atoms with Gasteiger partial charge in [0.1, 0.15) is 5.00 Å². The predicted molar refractivity (Wildman–Crippen MR) is 61.3 cm³/mol. The standard InChI is InChI=1S/C9H9N3OS2/c1-6(7-3-2-4-14-7)9(13)11-8-5-10-12-15-8/h2-6H,1H3,(H,11,13)/t6-/m1/s1. The molecular weight excluding hydrogens is 230 g/mol. The van der Waals surface area contributed by atoms with Gasteiger partial charge in [0, 0.05) is 16.4 Å². The van der Waals surface area contributed by atoms with Gasteiger partial charge in [-0.2, -0.15) is 0 Å². The molecule has 0 aliphatic heterocycles. The molecule has 2 aromatic rings. The van der Waals surface area contributed by atoms with Gasteiger partial charge < -0.3 is 5.32 Å². The average molecular weight is 239 g/mol. The molecule has 2 aromatic heterocycles. The molecule has 1 N–H and O–H groups in total. The fourth-order valence-electron chi connectivity index (χ4n) is 1.12. The molecule has 2 rings (SSSR count). The number of hydrogen-bond donors (Lipinski definition) is 1. The number of thiophene rings is 1. The second-order valence-corrected chi connectivity index (χ2v) is 4.77. The normalized spacial score (nSPS) is 12.3. The van der Waals surface area contributed by atoms with Crippen molar-refractivity contribution in [2.45, 2.75) is 12.8 Å². The van der Waals surface area contributed by atoms with Gasteiger partial charge in [-0.25, -0.2) is 0 Å². The maximum atomic E-state index is 11.8. The maximum Gasteiger partial charge on any atom is 0.233 e. The summed E-state index contributed by atoms with van der Waals surface area (Å²) in [5, 5.41) is 9.07. The third kappa shape index (κ3) is 2.40. The molecule has 0 radical (unpaired) electrons. The van der Waals surface area contributed by atoms with Crippen LogP contribution in [0, 0.1) is 0 Å². The Kier molecular flexibility index (Phi) is 3.08. The first-order valence-electron chi connectivity index (χ1n) is 4.39. The van der Waals surface area contributed by atoms with Crippen LogP contribution in [0.2, 0.25) is 0 Å². The molecule has 0 saturated carbocycles. The SMILES string of the molecule is C[C@@H](C(=O)Nc1cnns1)c1cccs1. The Morgan fingerprint density at radius 2 is 2.47 bits per heavy atom. The van der Waals surface area contributed by atoms with Crippen molar-refractivity contribution in [1.82, 2.24) is 9.59 Å². The van der Waals surface area contributed by atoms with E-state index in [1.54, 1.807) is 17.5 Å². The van der Waals surface area contributed by atoms with E-state index in [9.17, 15) is 4.79 Å². The smallest absolute Gasteiger partial charge is 0.233 e. The van der Waals surface area contributed by atoms with Crippen molar-refractivity contribution in [3.63, 3.8) is 0 Å². The van der Waals surface area contributed by atoms with Gasteiger partial charge in [0.25, 0.3) is 0 Å². The molecule has 0 saturated heterocycles. The van der Waals surface area contributed by atoms with Crippen molar-refractivity contribution in [1.29, 1.82) is 0 Å². The van der Waals surface area contributed by atoms with Crippen LogP contribution in [0.4, 0.5) is 5.00 Å². The van der Waals surface area contributed by atoms with E-state index in [4.69, 9.17) is 0 Å². The third-order valence-electron chi connectivity index (χ3n) is 1.97. The molecule has 4 nitrogen and oxygen atoms in total. The van der Waals surface area contributed by atoms with Crippen LogP contribution < -0.4 is 5.32 Å². The van der Waals surface area contributed by atoms with Crippen LogP contribution in [0.25, 0.3) is 0 Å². The van der Waals surface area contributed by atoms with E-state index in [0.717, 1.165) is 4.88 Å². The van der Waals surface area contributed by atoms with Crippen molar-refractivity contribution >= 4 is 33.8 Å². The highest BCUT2D eigenvalue weighted by atomic mass is 32.1. The minimum absolute atomic E-state index is 0.0245. The number of nitrogens with zero attached hydrogens (tertiary/aromatic N) is 2. The molecule has 1 amide bonds. The van der Waals surface area contributed by atoms with Crippen LogP contribution in [-0.2, 0) is 4.79 Å². The molecule has 0 unspecified atom stereocenters. The summed E-state index contributed by atoms with van der Waals surface area (Å²) in [4.78, 5) is 12.8. The van der Waals surface area contributed by atoms with Crippen molar-refractivity contribution in [3.8, 4) is 0 Å². The average Bonchev–Trinajstić information content (AvgIpc) is 2.88. The zero-order chi connectivity index (χ0) is 10.7. The number of aromatic nitrogens is 2. The molecule has 0 fully saturated rings. The Balaban J connectivity index is 2.03. The molecule has 1 atom stereocenters. The molecule has 0 bridgehead atoms. The predicted octanol–water partition coefficient (Wildman–Crippen LogP) is 2.34. The molecule has 2 heterocycles. The summed E-state index contributed by atoms with van der Waals surface area (Å²) in [6, 6.07) is 3.90. The zero-order valence-corrected chi connectivity index (χ0v) is 9.64. The summed E-state index contributed by atoms with van der Waals surface area (Å²) in [5.74, 6) is -0.157. The van der Waals surface area contributed by atoms with E-state index >= 15 is 0 Å². The lowest BCUT2D eigenvalue weighted by molar-refractivity contribution is -0.117. The summed E-state index contributed by atoms with van der Waals surface area (Å²) >= 11 is 2.76. The molecule has 78 valence electrons. The van der Waals surface area contributed by atoms with Crippen LogP contribution in [0.3, 0.4) is 0 Å². The van der Waals surface area contributed by atoms with Crippen molar-refractivity contribution in [2.75, 3.05) is 5.32 Å². The van der Waals surface area contributed by atoms with Gasteiger partial charge >= 0.3 is 0 Å². The third-order valence-corrected chi connectivity index (χ3v) is 3.61. The van der Waals surface area contributed by atoms with Crippen LogP contribution in [0.5, 0.6) is 0 Å². The number of rotatable bonds is 3. The highest BCUT2D eigenvalue weighted by molar-refractivity contribution is 7.10. The molecule has 0 spiro atoms. The van der Waals surface area contributed by atoms with Gasteiger partial charge in [-0.05, 0) is 18.4 Å². The van der Waals surface area contributed by atoms with E-state index < -0.39 is 0 Å². The minimum atomic E-state index is -0.132. The number of carbonyl (C=O) groups is 1. The highest BCUT2D eigenvalue weighted by Crippen LogP contribution is 2.22. The second-order valence-electron chi connectivity index (χ2n) is 3.01. The van der Waals surface area contributed by atoms with E-state index in [1.807, 2.05) is 24.4 Å². The lowest BCUT2D eigenvalue weighted by atomic mass is 10.1. The molecule has 0 aromatic carbocycles. The monoisotopic (exact) mass is 239 g/mol. The first-order valence-corrected chi connectivity index (χ1v) is 6.04. The Hall–Kier alpha value is -1.27. The van der Waals surface area contributed by atoms with Gasteiger partial charge in [-0.15, -0.1) is 16.4 Å². The first-order chi connectivity index (χ1) is 7.27. The quantitative estimate of drug-likeness (QED) is 0.894. The van der Waals surface area contributed by atoms with E-state index in [1.165, 1.54) is 11.5 Å². The number of carbonyl (C=O) groups excluding carboxylic acids is 1. The lowest BCUT2D eigenvalue weighted by Crippen LogP contribution is -2.17. The highest BCUT2D eigenvalue weighted by Gasteiger charge is 2.16. The van der Waals surface area contributed by atoms with Crippen molar-refractivity contribution in [2.24, 2.45) is 0 Å². The van der Waals surface area contributed by atoms with Gasteiger partial charge in [-0.3, -0.25) is 4.79 Å². The van der Waals surface area contributed by atoms with Crippen molar-refractivity contribution < 1.29 is 4.79 Å². The van der Waals surface area contributed by atoms with Crippen molar-refractivity contribution in [3.05, 3.63) is 28.6 Å². The Morgan fingerprint density at radius 3 is 3.07 bits per heavy atom. The zero-order valence-electron chi connectivity index (χ0n) is 8.01. The van der Waals surface area contributed by atoms with Gasteiger partial charge in [-0.1, -0.05) is 10.6 Å². The fourth-order valence-corrected chi connectivity index (χ4v) is 2.32. The van der Waals surface area contributed by atoms with Crippen LogP contribution >= 0.6 is 22.9 Å². The van der Waals surface area contributed by atoms with E-state index in [-0.39, 0.29) is 11.8 Å². The van der Waals surface area contributed by atoms with Gasteiger partial charge in [0.2, 0.25) is 5.91 Å². The van der Waals surface area contributed by atoms with Crippen LogP contribution in [0.1, 0.15) is 17.7 Å². The number of nitrogens with one attached hydrogen (secondary N) is 1. The summed E-state index contributed by atoms with van der Waals surface area (Å²) in [6.45, 7) is 1.88. The molecular formula is C9H9N3OS2. The molecule has 6 heteroatoms. The van der Waals surface area contributed by atoms with E-state index in [2.05, 4.69) is 14.9 Å². The Bertz CT molecular complexity index is 424. The number of amides is 1. The second kappa shape index (κ2) is 4.50. The molecule has 0 aliphatic carbocycles. The maximum absolute atomic E-state index is 11.8. The topological polar surface area (TPSA) is 54.9 Å². The lowest BCUT2D eigenvalue weighted by Gasteiger charge is -2.07. The fraction of sp³-hybridized carbons (Fsp3) is 0.222. The van der Waals surface area contributed by atoms with Gasteiger partial charge in [0.05, 0.1) is 12.1 Å². The summed E-state index contributed by atoms with van der Waals surface area (Å²) < 4.78 is 3.68. The number of anilines is 1. The van der Waals surface area contributed by atoms with E-state index in [0.29, 0.717) is 5.00 Å².